The van der Waals surface area contributed by atoms with Crippen molar-refractivity contribution >= 4 is 11.6 Å². The molecule has 4 heteroatoms. The predicted octanol–water partition coefficient (Wildman–Crippen LogP) is 3.69. The average Bonchev–Trinajstić information content (AvgIpc) is 2.54. The normalized spacial score (nSPS) is 24.4. The predicted molar refractivity (Wildman–Crippen MR) is 80.5 cm³/mol. The minimum atomic E-state index is 0.640. The topological polar surface area (TPSA) is 29.9 Å². The highest BCUT2D eigenvalue weighted by Gasteiger charge is 2.18. The van der Waals surface area contributed by atoms with Crippen LogP contribution in [0.15, 0.2) is 0 Å². The minimum Gasteiger partial charge on any atom is -0.308 e. The number of halogens is 1. The second kappa shape index (κ2) is 6.76. The van der Waals surface area contributed by atoms with Crippen molar-refractivity contribution in [2.45, 2.75) is 65.0 Å². The molecule has 1 saturated carbocycles. The zero-order valence-electron chi connectivity index (χ0n) is 12.4. The van der Waals surface area contributed by atoms with Gasteiger partial charge >= 0.3 is 0 Å². The molecule has 19 heavy (non-hydrogen) atoms. The van der Waals surface area contributed by atoms with E-state index in [1.807, 2.05) is 11.7 Å². The van der Waals surface area contributed by atoms with Gasteiger partial charge in [0.05, 0.1) is 16.4 Å². The van der Waals surface area contributed by atoms with E-state index < -0.39 is 0 Å². The molecule has 3 nitrogen and oxygen atoms in total. The average molecular weight is 284 g/mol. The summed E-state index contributed by atoms with van der Waals surface area (Å²) in [5, 5.41) is 8.99. The summed E-state index contributed by atoms with van der Waals surface area (Å²) in [6, 6.07) is 0.640. The smallest absolute Gasteiger partial charge is 0.0863 e. The Bertz CT molecular complexity index is 414. The molecule has 0 aliphatic heterocycles. The van der Waals surface area contributed by atoms with Crippen LogP contribution in [0.4, 0.5) is 0 Å². The van der Waals surface area contributed by atoms with Crippen molar-refractivity contribution in [2.75, 3.05) is 0 Å². The highest BCUT2D eigenvalue weighted by Crippen LogP contribution is 2.24. The van der Waals surface area contributed by atoms with Gasteiger partial charge in [-0.1, -0.05) is 38.3 Å². The molecule has 0 aromatic carbocycles. The van der Waals surface area contributed by atoms with E-state index in [0.29, 0.717) is 6.04 Å². The van der Waals surface area contributed by atoms with Crippen LogP contribution in [0.2, 0.25) is 5.02 Å². The number of hydrogen-bond acceptors (Lipinski definition) is 2. The molecule has 0 radical (unpaired) electrons. The first-order valence-corrected chi connectivity index (χ1v) is 7.93. The molecule has 2 atom stereocenters. The second-order valence-electron chi connectivity index (χ2n) is 5.88. The van der Waals surface area contributed by atoms with Crippen LogP contribution in [-0.2, 0) is 20.0 Å². The van der Waals surface area contributed by atoms with Crippen LogP contribution in [0.3, 0.4) is 0 Å². The first-order chi connectivity index (χ1) is 9.11. The zero-order valence-corrected chi connectivity index (χ0v) is 13.1. The van der Waals surface area contributed by atoms with Crippen LogP contribution in [0.25, 0.3) is 0 Å². The van der Waals surface area contributed by atoms with Crippen molar-refractivity contribution in [2.24, 2.45) is 13.0 Å². The first-order valence-electron chi connectivity index (χ1n) is 7.55. The van der Waals surface area contributed by atoms with Crippen molar-refractivity contribution in [3.8, 4) is 0 Å². The number of aryl methyl sites for hydroxylation is 2. The lowest BCUT2D eigenvalue weighted by Gasteiger charge is -2.16. The second-order valence-corrected chi connectivity index (χ2v) is 6.25. The number of nitrogens with one attached hydrogen (secondary N) is 1. The molecule has 1 N–H and O–H groups in total. The lowest BCUT2D eigenvalue weighted by Crippen LogP contribution is -2.29. The summed E-state index contributed by atoms with van der Waals surface area (Å²) in [7, 11) is 1.98. The van der Waals surface area contributed by atoms with E-state index in [-0.39, 0.29) is 0 Å². The lowest BCUT2D eigenvalue weighted by molar-refractivity contribution is 0.440. The van der Waals surface area contributed by atoms with Gasteiger partial charge in [0.2, 0.25) is 0 Å². The monoisotopic (exact) mass is 283 g/mol. The fourth-order valence-corrected chi connectivity index (χ4v) is 3.30. The van der Waals surface area contributed by atoms with Gasteiger partial charge < -0.3 is 5.32 Å². The first kappa shape index (κ1) is 14.9. The van der Waals surface area contributed by atoms with Crippen LogP contribution in [0, 0.1) is 5.92 Å². The van der Waals surface area contributed by atoms with Gasteiger partial charge in [-0.2, -0.15) is 5.10 Å². The van der Waals surface area contributed by atoms with Gasteiger partial charge in [0.25, 0.3) is 0 Å². The van der Waals surface area contributed by atoms with E-state index in [1.165, 1.54) is 32.1 Å². The van der Waals surface area contributed by atoms with E-state index in [4.69, 9.17) is 11.6 Å². The molecule has 1 heterocycles. The van der Waals surface area contributed by atoms with Gasteiger partial charge in [0.1, 0.15) is 0 Å². The summed E-state index contributed by atoms with van der Waals surface area (Å²) in [5.74, 6) is 0.888. The maximum atomic E-state index is 6.38. The Balaban J connectivity index is 1.93. The quantitative estimate of drug-likeness (QED) is 0.854. The zero-order chi connectivity index (χ0) is 13.8. The fourth-order valence-electron chi connectivity index (χ4n) is 2.94. The summed E-state index contributed by atoms with van der Waals surface area (Å²) in [6.07, 6.45) is 7.55. The number of nitrogens with zero attached hydrogens (tertiary/aromatic N) is 2. The molecule has 1 aliphatic rings. The molecule has 1 aromatic heterocycles. The Morgan fingerprint density at radius 2 is 2.11 bits per heavy atom. The molecule has 1 aromatic rings. The van der Waals surface area contributed by atoms with Crippen LogP contribution in [-0.4, -0.2) is 15.8 Å². The summed E-state index contributed by atoms with van der Waals surface area (Å²) in [6.45, 7) is 5.30. The SMILES string of the molecule is CCc1nn(C)c(CNC2CCCC(C)CC2)c1Cl. The van der Waals surface area contributed by atoms with Crippen molar-refractivity contribution in [1.29, 1.82) is 0 Å². The lowest BCUT2D eigenvalue weighted by atomic mass is 10.0. The van der Waals surface area contributed by atoms with Crippen molar-refractivity contribution in [3.63, 3.8) is 0 Å². The highest BCUT2D eigenvalue weighted by atomic mass is 35.5. The Morgan fingerprint density at radius 1 is 1.32 bits per heavy atom. The number of hydrogen-bond donors (Lipinski definition) is 1. The molecule has 2 rings (SSSR count). The highest BCUT2D eigenvalue weighted by molar-refractivity contribution is 6.31. The van der Waals surface area contributed by atoms with Gasteiger partial charge in [-0.05, 0) is 31.6 Å². The van der Waals surface area contributed by atoms with Crippen molar-refractivity contribution in [1.82, 2.24) is 15.1 Å². The molecule has 0 saturated heterocycles. The fraction of sp³-hybridized carbons (Fsp3) is 0.800. The van der Waals surface area contributed by atoms with E-state index in [0.717, 1.165) is 35.3 Å². The Hall–Kier alpha value is -0.540. The summed E-state index contributed by atoms with van der Waals surface area (Å²) < 4.78 is 1.92. The van der Waals surface area contributed by atoms with Crippen molar-refractivity contribution in [3.05, 3.63) is 16.4 Å². The van der Waals surface area contributed by atoms with Gasteiger partial charge in [0, 0.05) is 19.6 Å². The molecule has 0 bridgehead atoms. The molecular weight excluding hydrogens is 258 g/mol. The molecule has 1 fully saturated rings. The van der Waals surface area contributed by atoms with E-state index in [1.54, 1.807) is 0 Å². The van der Waals surface area contributed by atoms with Crippen LogP contribution < -0.4 is 5.32 Å². The number of aromatic nitrogens is 2. The standard InChI is InChI=1S/C15H26ClN3/c1-4-13-15(16)14(19(3)18-13)10-17-12-7-5-6-11(2)8-9-12/h11-12,17H,4-10H2,1-3H3. The summed E-state index contributed by atoms with van der Waals surface area (Å²) >= 11 is 6.38. The Kier molecular flexibility index (Phi) is 5.28. The third kappa shape index (κ3) is 3.73. The molecule has 1 aliphatic carbocycles. The van der Waals surface area contributed by atoms with Gasteiger partial charge in [-0.25, -0.2) is 0 Å². The minimum absolute atomic E-state index is 0.640. The third-order valence-corrected chi connectivity index (χ3v) is 4.75. The molecule has 108 valence electrons. The van der Waals surface area contributed by atoms with Crippen molar-refractivity contribution < 1.29 is 0 Å². The van der Waals surface area contributed by atoms with Crippen LogP contribution in [0.1, 0.15) is 57.3 Å². The molecule has 0 amide bonds. The number of rotatable bonds is 4. The van der Waals surface area contributed by atoms with Gasteiger partial charge in [-0.15, -0.1) is 0 Å². The van der Waals surface area contributed by atoms with Gasteiger partial charge in [-0.3, -0.25) is 4.68 Å². The molecular formula is C15H26ClN3. The van der Waals surface area contributed by atoms with Crippen LogP contribution in [0.5, 0.6) is 0 Å². The van der Waals surface area contributed by atoms with Gasteiger partial charge in [0.15, 0.2) is 0 Å². The Morgan fingerprint density at radius 3 is 2.79 bits per heavy atom. The molecule has 2 unspecified atom stereocenters. The molecule has 0 spiro atoms. The maximum absolute atomic E-state index is 6.38. The third-order valence-electron chi connectivity index (χ3n) is 4.32. The van der Waals surface area contributed by atoms with E-state index in [9.17, 15) is 0 Å². The largest absolute Gasteiger partial charge is 0.308 e. The summed E-state index contributed by atoms with van der Waals surface area (Å²) in [5.41, 5.74) is 2.13. The van der Waals surface area contributed by atoms with Crippen LogP contribution >= 0.6 is 11.6 Å². The Labute approximate surface area is 121 Å². The maximum Gasteiger partial charge on any atom is 0.0863 e. The van der Waals surface area contributed by atoms with E-state index >= 15 is 0 Å². The van der Waals surface area contributed by atoms with E-state index in [2.05, 4.69) is 24.3 Å². The summed E-state index contributed by atoms with van der Waals surface area (Å²) in [4.78, 5) is 0.